The lowest BCUT2D eigenvalue weighted by molar-refractivity contribution is 0.405. The lowest BCUT2D eigenvalue weighted by Crippen LogP contribution is -2.03. The molecule has 2 aromatic rings. The Morgan fingerprint density at radius 2 is 1.90 bits per heavy atom. The van der Waals surface area contributed by atoms with Crippen LogP contribution in [0.25, 0.3) is 0 Å². The third-order valence-electron chi connectivity index (χ3n) is 2.72. The molecule has 0 aliphatic carbocycles. The maximum atomic E-state index is 6.06. The second kappa shape index (κ2) is 5.83. The molecule has 0 bridgehead atoms. The second-order valence-corrected chi connectivity index (χ2v) is 4.48. The number of nitrogens with two attached hydrogens (primary N) is 1. The highest BCUT2D eigenvalue weighted by atomic mass is 35.5. The summed E-state index contributed by atoms with van der Waals surface area (Å²) in [7, 11) is 3.11. The molecule has 106 valence electrons. The van der Waals surface area contributed by atoms with Gasteiger partial charge in [-0.05, 0) is 6.92 Å². The van der Waals surface area contributed by atoms with E-state index in [1.165, 1.54) is 0 Å². The molecule has 0 aliphatic rings. The zero-order valence-corrected chi connectivity index (χ0v) is 12.2. The Bertz CT molecular complexity index is 634. The predicted octanol–water partition coefficient (Wildman–Crippen LogP) is 2.78. The van der Waals surface area contributed by atoms with Crippen LogP contribution in [-0.2, 0) is 0 Å². The normalized spacial score (nSPS) is 10.2. The minimum Gasteiger partial charge on any atom is -0.495 e. The molecule has 0 fully saturated rings. The van der Waals surface area contributed by atoms with E-state index in [2.05, 4.69) is 15.3 Å². The van der Waals surface area contributed by atoms with Crippen molar-refractivity contribution in [2.45, 2.75) is 6.92 Å². The molecule has 0 spiro atoms. The fourth-order valence-corrected chi connectivity index (χ4v) is 1.90. The van der Waals surface area contributed by atoms with Crippen molar-refractivity contribution in [1.29, 1.82) is 0 Å². The number of halogens is 1. The zero-order valence-electron chi connectivity index (χ0n) is 11.4. The number of rotatable bonds is 4. The van der Waals surface area contributed by atoms with Crippen LogP contribution in [0.5, 0.6) is 11.5 Å². The number of nitrogen functional groups attached to an aromatic ring is 1. The number of methoxy groups -OCH3 is 2. The molecule has 0 amide bonds. The van der Waals surface area contributed by atoms with E-state index in [9.17, 15) is 0 Å². The summed E-state index contributed by atoms with van der Waals surface area (Å²) in [5, 5.41) is 3.61. The number of benzene rings is 1. The van der Waals surface area contributed by atoms with Gasteiger partial charge in [-0.2, -0.15) is 4.98 Å². The van der Waals surface area contributed by atoms with E-state index in [1.807, 2.05) is 6.92 Å². The number of nitrogens with zero attached hydrogens (tertiary/aromatic N) is 2. The summed E-state index contributed by atoms with van der Waals surface area (Å²) >= 11 is 6.06. The van der Waals surface area contributed by atoms with Crippen LogP contribution in [0.3, 0.4) is 0 Å². The van der Waals surface area contributed by atoms with E-state index < -0.39 is 0 Å². The van der Waals surface area contributed by atoms with Crippen LogP contribution in [0.15, 0.2) is 18.3 Å². The fraction of sp³-hybridized carbons (Fsp3) is 0.231. The van der Waals surface area contributed by atoms with Crippen molar-refractivity contribution in [1.82, 2.24) is 9.97 Å². The van der Waals surface area contributed by atoms with E-state index in [-0.39, 0.29) is 5.95 Å². The van der Waals surface area contributed by atoms with Gasteiger partial charge in [0.15, 0.2) is 0 Å². The summed E-state index contributed by atoms with van der Waals surface area (Å²) in [5.41, 5.74) is 7.13. The van der Waals surface area contributed by atoms with Crippen LogP contribution in [0.1, 0.15) is 5.56 Å². The fourth-order valence-electron chi connectivity index (χ4n) is 1.67. The summed E-state index contributed by atoms with van der Waals surface area (Å²) < 4.78 is 10.5. The van der Waals surface area contributed by atoms with Gasteiger partial charge < -0.3 is 20.5 Å². The highest BCUT2D eigenvalue weighted by Crippen LogP contribution is 2.37. The van der Waals surface area contributed by atoms with Gasteiger partial charge in [0.2, 0.25) is 5.95 Å². The molecule has 0 saturated carbocycles. The maximum Gasteiger partial charge on any atom is 0.221 e. The molecule has 0 radical (unpaired) electrons. The molecule has 0 aliphatic heterocycles. The highest BCUT2D eigenvalue weighted by molar-refractivity contribution is 6.32. The maximum absolute atomic E-state index is 6.06. The van der Waals surface area contributed by atoms with E-state index in [1.54, 1.807) is 32.5 Å². The van der Waals surface area contributed by atoms with Crippen molar-refractivity contribution in [3.8, 4) is 11.5 Å². The first kappa shape index (κ1) is 14.2. The minimum absolute atomic E-state index is 0.193. The number of aromatic nitrogens is 2. The molecule has 0 saturated heterocycles. The van der Waals surface area contributed by atoms with Gasteiger partial charge in [0.1, 0.15) is 17.3 Å². The highest BCUT2D eigenvalue weighted by Gasteiger charge is 2.12. The lowest BCUT2D eigenvalue weighted by atomic mass is 10.2. The molecule has 1 aromatic carbocycles. The molecular formula is C13H15ClN4O2. The molecule has 20 heavy (non-hydrogen) atoms. The first-order valence-corrected chi connectivity index (χ1v) is 6.20. The van der Waals surface area contributed by atoms with Crippen molar-refractivity contribution in [3.05, 3.63) is 28.9 Å². The number of hydrogen-bond donors (Lipinski definition) is 2. The summed E-state index contributed by atoms with van der Waals surface area (Å²) in [6.45, 7) is 1.88. The number of nitrogens with one attached hydrogen (secondary N) is 1. The van der Waals surface area contributed by atoms with Gasteiger partial charge in [-0.1, -0.05) is 11.6 Å². The van der Waals surface area contributed by atoms with Crippen molar-refractivity contribution in [2.75, 3.05) is 25.3 Å². The molecule has 7 heteroatoms. The number of hydrogen-bond acceptors (Lipinski definition) is 6. The number of ether oxygens (including phenoxy) is 2. The predicted molar refractivity (Wildman–Crippen MR) is 79.0 cm³/mol. The van der Waals surface area contributed by atoms with Crippen molar-refractivity contribution >= 4 is 29.1 Å². The van der Waals surface area contributed by atoms with Gasteiger partial charge >= 0.3 is 0 Å². The molecule has 6 nitrogen and oxygen atoms in total. The standard InChI is InChI=1S/C13H15ClN4O2/c1-7-6-16-13(15)18-12(7)17-9-5-10(19-2)8(14)4-11(9)20-3/h4-6H,1-3H3,(H3,15,16,17,18). The van der Waals surface area contributed by atoms with E-state index in [0.717, 1.165) is 5.56 Å². The van der Waals surface area contributed by atoms with Crippen molar-refractivity contribution < 1.29 is 9.47 Å². The Hall–Kier alpha value is -2.21. The van der Waals surface area contributed by atoms with Crippen molar-refractivity contribution in [3.63, 3.8) is 0 Å². The average Bonchev–Trinajstić information content (AvgIpc) is 2.44. The zero-order chi connectivity index (χ0) is 14.7. The van der Waals surface area contributed by atoms with Crippen LogP contribution < -0.4 is 20.5 Å². The Morgan fingerprint density at radius 1 is 1.20 bits per heavy atom. The van der Waals surface area contributed by atoms with Gasteiger partial charge in [0, 0.05) is 23.9 Å². The van der Waals surface area contributed by atoms with E-state index in [4.69, 9.17) is 26.8 Å². The monoisotopic (exact) mass is 294 g/mol. The molecule has 3 N–H and O–H groups in total. The molecule has 2 rings (SSSR count). The van der Waals surface area contributed by atoms with Gasteiger partial charge in [0.05, 0.1) is 24.9 Å². The lowest BCUT2D eigenvalue weighted by Gasteiger charge is -2.14. The van der Waals surface area contributed by atoms with Crippen molar-refractivity contribution in [2.24, 2.45) is 0 Å². The van der Waals surface area contributed by atoms with Gasteiger partial charge in [-0.3, -0.25) is 0 Å². The van der Waals surface area contributed by atoms with E-state index >= 15 is 0 Å². The smallest absolute Gasteiger partial charge is 0.221 e. The number of aryl methyl sites for hydroxylation is 1. The third-order valence-corrected chi connectivity index (χ3v) is 3.01. The van der Waals surface area contributed by atoms with Gasteiger partial charge in [-0.25, -0.2) is 4.98 Å². The average molecular weight is 295 g/mol. The molecular weight excluding hydrogens is 280 g/mol. The van der Waals surface area contributed by atoms with Crippen LogP contribution >= 0.6 is 11.6 Å². The number of anilines is 3. The second-order valence-electron chi connectivity index (χ2n) is 4.07. The van der Waals surface area contributed by atoms with Crippen LogP contribution in [0.4, 0.5) is 17.5 Å². The van der Waals surface area contributed by atoms with Gasteiger partial charge in [-0.15, -0.1) is 0 Å². The first-order chi connectivity index (χ1) is 9.55. The SMILES string of the molecule is COc1cc(Nc2nc(N)ncc2C)c(OC)cc1Cl. The van der Waals surface area contributed by atoms with Crippen LogP contribution in [0.2, 0.25) is 5.02 Å². The molecule has 1 heterocycles. The minimum atomic E-state index is 0.193. The largest absolute Gasteiger partial charge is 0.495 e. The summed E-state index contributed by atoms with van der Waals surface area (Å²) in [6, 6.07) is 3.40. The Balaban J connectivity index is 2.44. The quantitative estimate of drug-likeness (QED) is 0.902. The van der Waals surface area contributed by atoms with Crippen LogP contribution in [-0.4, -0.2) is 24.2 Å². The Labute approximate surface area is 121 Å². The Morgan fingerprint density at radius 3 is 2.55 bits per heavy atom. The Kier molecular flexibility index (Phi) is 4.14. The summed E-state index contributed by atoms with van der Waals surface area (Å²) in [4.78, 5) is 8.07. The topological polar surface area (TPSA) is 82.3 Å². The molecule has 1 aromatic heterocycles. The van der Waals surface area contributed by atoms with Crippen LogP contribution in [0, 0.1) is 6.92 Å². The molecule has 0 unspecified atom stereocenters. The third kappa shape index (κ3) is 2.85. The summed E-state index contributed by atoms with van der Waals surface area (Å²) in [6.07, 6.45) is 1.64. The van der Waals surface area contributed by atoms with E-state index in [0.29, 0.717) is 28.0 Å². The molecule has 0 atom stereocenters. The van der Waals surface area contributed by atoms with Gasteiger partial charge in [0.25, 0.3) is 0 Å². The first-order valence-electron chi connectivity index (χ1n) is 5.82. The summed E-state index contributed by atoms with van der Waals surface area (Å²) in [5.74, 6) is 1.90.